The number of rotatable bonds is 2. The second kappa shape index (κ2) is 4.62. The van der Waals surface area contributed by atoms with Crippen LogP contribution in [0.15, 0.2) is 30.5 Å². The first-order chi connectivity index (χ1) is 8.26. The van der Waals surface area contributed by atoms with E-state index in [9.17, 15) is 0 Å². The summed E-state index contributed by atoms with van der Waals surface area (Å²) >= 11 is 0. The van der Waals surface area contributed by atoms with E-state index in [0.717, 1.165) is 11.3 Å². The fraction of sp³-hybridized carbons (Fsp3) is 0.154. The monoisotopic (exact) mass is 225 g/mol. The van der Waals surface area contributed by atoms with E-state index in [1.165, 1.54) is 7.11 Å². The highest BCUT2D eigenvalue weighted by Crippen LogP contribution is 2.23. The van der Waals surface area contributed by atoms with Gasteiger partial charge in [-0.05, 0) is 30.7 Å². The Morgan fingerprint density at radius 3 is 2.76 bits per heavy atom. The Kier molecular flexibility index (Phi) is 3.01. The summed E-state index contributed by atoms with van der Waals surface area (Å²) < 4.78 is 5.08. The largest absolute Gasteiger partial charge is 0.480 e. The molecule has 4 nitrogen and oxygen atoms in total. The molecule has 0 N–H and O–H groups in total. The number of nitriles is 1. The molecule has 0 aromatic carbocycles. The van der Waals surface area contributed by atoms with Crippen molar-refractivity contribution in [3.05, 3.63) is 41.6 Å². The Morgan fingerprint density at radius 1 is 1.29 bits per heavy atom. The summed E-state index contributed by atoms with van der Waals surface area (Å²) in [4.78, 5) is 8.56. The van der Waals surface area contributed by atoms with E-state index in [4.69, 9.17) is 10.00 Å². The van der Waals surface area contributed by atoms with Crippen LogP contribution in [0.5, 0.6) is 5.88 Å². The van der Waals surface area contributed by atoms with Gasteiger partial charge in [0.05, 0.1) is 18.5 Å². The minimum atomic E-state index is 0.329. The molecule has 2 rings (SSSR count). The first-order valence-electron chi connectivity index (χ1n) is 5.13. The molecule has 0 unspecified atom stereocenters. The van der Waals surface area contributed by atoms with Gasteiger partial charge in [0.25, 0.3) is 0 Å². The third kappa shape index (κ3) is 2.08. The molecule has 0 radical (unpaired) electrons. The van der Waals surface area contributed by atoms with Crippen LogP contribution in [0.25, 0.3) is 11.4 Å². The highest BCUT2D eigenvalue weighted by atomic mass is 16.5. The number of nitrogens with zero attached hydrogens (tertiary/aromatic N) is 3. The van der Waals surface area contributed by atoms with E-state index in [0.29, 0.717) is 17.1 Å². The van der Waals surface area contributed by atoms with E-state index in [1.807, 2.05) is 25.1 Å². The summed E-state index contributed by atoms with van der Waals surface area (Å²) in [7, 11) is 1.50. The number of aryl methyl sites for hydroxylation is 1. The molecule has 0 bridgehead atoms. The van der Waals surface area contributed by atoms with Gasteiger partial charge in [-0.2, -0.15) is 5.26 Å². The Bertz CT molecular complexity index is 587. The molecule has 2 aromatic heterocycles. The van der Waals surface area contributed by atoms with Crippen LogP contribution < -0.4 is 4.74 Å². The van der Waals surface area contributed by atoms with Crippen molar-refractivity contribution in [2.24, 2.45) is 0 Å². The predicted molar refractivity (Wildman–Crippen MR) is 63.5 cm³/mol. The zero-order valence-corrected chi connectivity index (χ0v) is 9.64. The van der Waals surface area contributed by atoms with Gasteiger partial charge in [-0.25, -0.2) is 4.98 Å². The van der Waals surface area contributed by atoms with Gasteiger partial charge in [0.2, 0.25) is 5.88 Å². The fourth-order valence-electron chi connectivity index (χ4n) is 1.57. The van der Waals surface area contributed by atoms with Crippen LogP contribution in [0, 0.1) is 18.3 Å². The van der Waals surface area contributed by atoms with Crippen molar-refractivity contribution in [1.29, 1.82) is 5.26 Å². The standard InChI is InChI=1S/C13H11N3O/c1-9-4-3-7-15-12(9)11-6-5-10(8-14)13(16-11)17-2/h3-7H,1-2H3. The van der Waals surface area contributed by atoms with Gasteiger partial charge in [0, 0.05) is 6.20 Å². The van der Waals surface area contributed by atoms with Crippen molar-refractivity contribution < 1.29 is 4.74 Å². The van der Waals surface area contributed by atoms with E-state index in [2.05, 4.69) is 9.97 Å². The summed E-state index contributed by atoms with van der Waals surface area (Å²) in [6.45, 7) is 1.97. The van der Waals surface area contributed by atoms with E-state index in [1.54, 1.807) is 18.3 Å². The van der Waals surface area contributed by atoms with Crippen molar-refractivity contribution in [3.8, 4) is 23.3 Å². The molecule has 0 amide bonds. The number of hydrogen-bond acceptors (Lipinski definition) is 4. The zero-order valence-electron chi connectivity index (χ0n) is 9.64. The molecule has 0 aliphatic heterocycles. The quantitative estimate of drug-likeness (QED) is 0.787. The van der Waals surface area contributed by atoms with Gasteiger partial charge < -0.3 is 4.74 Å². The molecule has 0 fully saturated rings. The maximum atomic E-state index is 8.88. The predicted octanol–water partition coefficient (Wildman–Crippen LogP) is 2.33. The molecule has 0 aliphatic rings. The first-order valence-corrected chi connectivity index (χ1v) is 5.13. The maximum Gasteiger partial charge on any atom is 0.232 e. The Hall–Kier alpha value is -2.41. The molecule has 0 atom stereocenters. The molecular weight excluding hydrogens is 214 g/mol. The Labute approximate surface area is 99.5 Å². The minimum Gasteiger partial charge on any atom is -0.480 e. The molecule has 2 heterocycles. The molecule has 0 saturated heterocycles. The summed E-state index contributed by atoms with van der Waals surface area (Å²) in [5.41, 5.74) is 2.96. The third-order valence-corrected chi connectivity index (χ3v) is 2.43. The molecule has 4 heteroatoms. The average molecular weight is 225 g/mol. The molecule has 0 aliphatic carbocycles. The second-order valence-electron chi connectivity index (χ2n) is 3.53. The number of pyridine rings is 2. The number of aromatic nitrogens is 2. The molecule has 84 valence electrons. The number of hydrogen-bond donors (Lipinski definition) is 0. The number of methoxy groups -OCH3 is 1. The molecule has 0 spiro atoms. The molecule has 2 aromatic rings. The molecular formula is C13H11N3O. The second-order valence-corrected chi connectivity index (χ2v) is 3.53. The topological polar surface area (TPSA) is 58.8 Å². The summed E-state index contributed by atoms with van der Waals surface area (Å²) in [6, 6.07) is 9.34. The maximum absolute atomic E-state index is 8.88. The zero-order chi connectivity index (χ0) is 12.3. The lowest BCUT2D eigenvalue weighted by Gasteiger charge is -2.06. The van der Waals surface area contributed by atoms with E-state index in [-0.39, 0.29) is 0 Å². The average Bonchev–Trinajstić information content (AvgIpc) is 2.38. The Balaban J connectivity index is 2.55. The van der Waals surface area contributed by atoms with Crippen LogP contribution in [0.2, 0.25) is 0 Å². The minimum absolute atomic E-state index is 0.329. The van der Waals surface area contributed by atoms with Crippen molar-refractivity contribution in [2.75, 3.05) is 7.11 Å². The van der Waals surface area contributed by atoms with Crippen molar-refractivity contribution in [2.45, 2.75) is 6.92 Å². The van der Waals surface area contributed by atoms with E-state index < -0.39 is 0 Å². The SMILES string of the molecule is COc1nc(-c2ncccc2C)ccc1C#N. The summed E-state index contributed by atoms with van der Waals surface area (Å²) in [6.07, 6.45) is 1.72. The van der Waals surface area contributed by atoms with Crippen LogP contribution in [0.4, 0.5) is 0 Å². The lowest BCUT2D eigenvalue weighted by molar-refractivity contribution is 0.397. The molecule has 17 heavy (non-hydrogen) atoms. The van der Waals surface area contributed by atoms with Gasteiger partial charge in [0.15, 0.2) is 0 Å². The van der Waals surface area contributed by atoms with Crippen LogP contribution >= 0.6 is 0 Å². The molecule has 0 saturated carbocycles. The number of ether oxygens (including phenoxy) is 1. The van der Waals surface area contributed by atoms with Crippen molar-refractivity contribution in [1.82, 2.24) is 9.97 Å². The van der Waals surface area contributed by atoms with Gasteiger partial charge in [0.1, 0.15) is 11.6 Å². The van der Waals surface area contributed by atoms with Gasteiger partial charge in [-0.15, -0.1) is 0 Å². The lowest BCUT2D eigenvalue weighted by Crippen LogP contribution is -1.96. The van der Waals surface area contributed by atoms with Crippen LogP contribution in [0.1, 0.15) is 11.1 Å². The lowest BCUT2D eigenvalue weighted by atomic mass is 10.1. The summed E-state index contributed by atoms with van der Waals surface area (Å²) in [5, 5.41) is 8.88. The third-order valence-electron chi connectivity index (χ3n) is 2.43. The smallest absolute Gasteiger partial charge is 0.232 e. The van der Waals surface area contributed by atoms with Crippen LogP contribution in [-0.4, -0.2) is 17.1 Å². The van der Waals surface area contributed by atoms with Crippen molar-refractivity contribution >= 4 is 0 Å². The fourth-order valence-corrected chi connectivity index (χ4v) is 1.57. The van der Waals surface area contributed by atoms with Crippen LogP contribution in [0.3, 0.4) is 0 Å². The highest BCUT2D eigenvalue weighted by molar-refractivity contribution is 5.60. The normalized spacial score (nSPS) is 9.71. The van der Waals surface area contributed by atoms with Gasteiger partial charge in [-0.1, -0.05) is 6.07 Å². The summed E-state index contributed by atoms with van der Waals surface area (Å²) in [5.74, 6) is 0.329. The Morgan fingerprint density at radius 2 is 2.12 bits per heavy atom. The highest BCUT2D eigenvalue weighted by Gasteiger charge is 2.09. The van der Waals surface area contributed by atoms with Crippen molar-refractivity contribution in [3.63, 3.8) is 0 Å². The van der Waals surface area contributed by atoms with Gasteiger partial charge in [-0.3, -0.25) is 4.98 Å². The first kappa shape index (κ1) is 11.1. The van der Waals surface area contributed by atoms with Crippen LogP contribution in [-0.2, 0) is 0 Å². The van der Waals surface area contributed by atoms with Gasteiger partial charge >= 0.3 is 0 Å². The van der Waals surface area contributed by atoms with E-state index >= 15 is 0 Å².